The van der Waals surface area contributed by atoms with E-state index in [2.05, 4.69) is 4.74 Å². The van der Waals surface area contributed by atoms with Crippen LogP contribution in [0.2, 0.25) is 0 Å². The molecule has 1 aliphatic carbocycles. The molecule has 11 heavy (non-hydrogen) atoms. The number of esters is 1. The van der Waals surface area contributed by atoms with E-state index in [0.29, 0.717) is 12.8 Å². The summed E-state index contributed by atoms with van der Waals surface area (Å²) in [6.07, 6.45) is 0.696. The van der Waals surface area contributed by atoms with Crippen LogP contribution in [-0.2, 0) is 9.53 Å². The summed E-state index contributed by atoms with van der Waals surface area (Å²) in [5.74, 6) is -0.429. The lowest BCUT2D eigenvalue weighted by Gasteiger charge is -2.10. The molecule has 1 rings (SSSR count). The molecule has 1 aliphatic rings. The van der Waals surface area contributed by atoms with E-state index in [1.54, 1.807) is 13.8 Å². The van der Waals surface area contributed by atoms with Crippen molar-refractivity contribution >= 4 is 5.97 Å². The van der Waals surface area contributed by atoms with E-state index >= 15 is 0 Å². The van der Waals surface area contributed by atoms with E-state index in [1.807, 2.05) is 0 Å². The Kier molecular flexibility index (Phi) is 1.69. The third kappa shape index (κ3) is 0.940. The Hall–Kier alpha value is -0.600. The van der Waals surface area contributed by atoms with Crippen molar-refractivity contribution in [1.29, 1.82) is 0 Å². The molecule has 0 radical (unpaired) electrons. The minimum Gasteiger partial charge on any atom is -0.469 e. The van der Waals surface area contributed by atoms with Crippen molar-refractivity contribution in [3.05, 3.63) is 0 Å². The molecular weight excluding hydrogens is 147 g/mol. The van der Waals surface area contributed by atoms with Gasteiger partial charge < -0.3 is 4.74 Å². The second kappa shape index (κ2) is 2.19. The number of methoxy groups -OCH3 is 1. The number of halogens is 1. The predicted molar refractivity (Wildman–Crippen MR) is 38.9 cm³/mol. The van der Waals surface area contributed by atoms with Gasteiger partial charge in [0, 0.05) is 6.42 Å². The maximum Gasteiger partial charge on any atom is 0.314 e. The summed E-state index contributed by atoms with van der Waals surface area (Å²) < 4.78 is 17.9. The zero-order valence-corrected chi connectivity index (χ0v) is 7.11. The zero-order chi connectivity index (χ0) is 8.70. The van der Waals surface area contributed by atoms with Crippen LogP contribution >= 0.6 is 0 Å². The van der Waals surface area contributed by atoms with Crippen LogP contribution in [0, 0.1) is 5.41 Å². The van der Waals surface area contributed by atoms with Crippen molar-refractivity contribution in [1.82, 2.24) is 0 Å². The predicted octanol–water partition coefficient (Wildman–Crippen LogP) is 1.69. The molecular formula is C8H13FO2. The second-order valence-electron chi connectivity index (χ2n) is 3.32. The maximum absolute atomic E-state index is 13.4. The summed E-state index contributed by atoms with van der Waals surface area (Å²) in [6, 6.07) is 0. The van der Waals surface area contributed by atoms with Crippen LogP contribution in [0.3, 0.4) is 0 Å². The molecule has 64 valence electrons. The van der Waals surface area contributed by atoms with Gasteiger partial charge in [-0.15, -0.1) is 0 Å². The topological polar surface area (TPSA) is 26.3 Å². The van der Waals surface area contributed by atoms with Crippen molar-refractivity contribution < 1.29 is 13.9 Å². The molecule has 0 saturated heterocycles. The van der Waals surface area contributed by atoms with Crippen molar-refractivity contribution in [2.24, 2.45) is 5.41 Å². The van der Waals surface area contributed by atoms with Gasteiger partial charge in [0.05, 0.1) is 7.11 Å². The Morgan fingerprint density at radius 1 is 1.73 bits per heavy atom. The largest absolute Gasteiger partial charge is 0.469 e. The number of alkyl halides is 1. The van der Waals surface area contributed by atoms with Gasteiger partial charge in [0.1, 0.15) is 11.1 Å². The highest BCUT2D eigenvalue weighted by Crippen LogP contribution is 2.61. The molecule has 0 N–H and O–H groups in total. The normalized spacial score (nSPS) is 41.8. The van der Waals surface area contributed by atoms with Crippen molar-refractivity contribution in [3.63, 3.8) is 0 Å². The van der Waals surface area contributed by atoms with Crippen molar-refractivity contribution in [2.45, 2.75) is 32.4 Å². The fourth-order valence-electron chi connectivity index (χ4n) is 1.51. The van der Waals surface area contributed by atoms with E-state index in [-0.39, 0.29) is 0 Å². The lowest BCUT2D eigenvalue weighted by molar-refractivity contribution is -0.148. The van der Waals surface area contributed by atoms with E-state index in [0.717, 1.165) is 0 Å². The Morgan fingerprint density at radius 2 is 2.27 bits per heavy atom. The second-order valence-corrected chi connectivity index (χ2v) is 3.32. The SMILES string of the molecule is CCC1(F)CC1(C)C(=O)OC. The first-order valence-electron chi connectivity index (χ1n) is 3.77. The molecule has 0 heterocycles. The first-order chi connectivity index (χ1) is 5.00. The fraction of sp³-hybridized carbons (Fsp3) is 0.875. The minimum absolute atomic E-state index is 0.309. The van der Waals surface area contributed by atoms with Crippen LogP contribution < -0.4 is 0 Å². The number of hydrogen-bond acceptors (Lipinski definition) is 2. The number of carbonyl (C=O) groups is 1. The quantitative estimate of drug-likeness (QED) is 0.574. The third-order valence-electron chi connectivity index (χ3n) is 2.69. The van der Waals surface area contributed by atoms with E-state index < -0.39 is 17.1 Å². The van der Waals surface area contributed by atoms with Crippen LogP contribution in [0.1, 0.15) is 26.7 Å². The summed E-state index contributed by atoms with van der Waals surface area (Å²) in [5.41, 5.74) is -2.17. The lowest BCUT2D eigenvalue weighted by atomic mass is 10.0. The van der Waals surface area contributed by atoms with Gasteiger partial charge >= 0.3 is 5.97 Å². The van der Waals surface area contributed by atoms with Gasteiger partial charge in [0.2, 0.25) is 0 Å². The van der Waals surface area contributed by atoms with Crippen molar-refractivity contribution in [2.75, 3.05) is 7.11 Å². The summed E-state index contributed by atoms with van der Waals surface area (Å²) in [4.78, 5) is 11.0. The van der Waals surface area contributed by atoms with Gasteiger partial charge in [-0.2, -0.15) is 0 Å². The molecule has 2 atom stereocenters. The highest BCUT2D eigenvalue weighted by Gasteiger charge is 2.70. The molecule has 2 unspecified atom stereocenters. The van der Waals surface area contributed by atoms with Crippen LogP contribution in [0.15, 0.2) is 0 Å². The molecule has 1 saturated carbocycles. The molecule has 0 amide bonds. The van der Waals surface area contributed by atoms with Crippen LogP contribution in [0.4, 0.5) is 4.39 Å². The fourth-order valence-corrected chi connectivity index (χ4v) is 1.51. The standard InChI is InChI=1S/C8H13FO2/c1-4-8(9)5-7(8,2)6(10)11-3/h4-5H2,1-3H3. The molecule has 0 aromatic rings. The molecule has 1 fully saturated rings. The number of carbonyl (C=O) groups excluding carboxylic acids is 1. The Bertz CT molecular complexity index is 193. The van der Waals surface area contributed by atoms with E-state index in [1.165, 1.54) is 7.11 Å². The molecule has 0 spiro atoms. The van der Waals surface area contributed by atoms with Crippen LogP contribution in [0.5, 0.6) is 0 Å². The van der Waals surface area contributed by atoms with Gasteiger partial charge in [-0.05, 0) is 13.3 Å². The zero-order valence-electron chi connectivity index (χ0n) is 7.11. The van der Waals surface area contributed by atoms with E-state index in [4.69, 9.17) is 0 Å². The Morgan fingerprint density at radius 3 is 2.55 bits per heavy atom. The maximum atomic E-state index is 13.4. The van der Waals surface area contributed by atoms with E-state index in [9.17, 15) is 9.18 Å². The van der Waals surface area contributed by atoms with Gasteiger partial charge in [-0.1, -0.05) is 6.92 Å². The summed E-state index contributed by atoms with van der Waals surface area (Å²) in [7, 11) is 1.29. The average molecular weight is 160 g/mol. The number of ether oxygens (including phenoxy) is 1. The minimum atomic E-state index is -1.31. The number of rotatable bonds is 2. The van der Waals surface area contributed by atoms with Gasteiger partial charge in [0.25, 0.3) is 0 Å². The molecule has 0 aliphatic heterocycles. The molecule has 0 aromatic heterocycles. The summed E-state index contributed by atoms with van der Waals surface area (Å²) in [5, 5.41) is 0. The molecule has 3 heteroatoms. The Balaban J connectivity index is 2.69. The van der Waals surface area contributed by atoms with Crippen LogP contribution in [-0.4, -0.2) is 18.7 Å². The monoisotopic (exact) mass is 160 g/mol. The molecule has 0 aromatic carbocycles. The molecule has 0 bridgehead atoms. The van der Waals surface area contributed by atoms with Gasteiger partial charge in [0.15, 0.2) is 0 Å². The smallest absolute Gasteiger partial charge is 0.314 e. The first kappa shape index (κ1) is 8.50. The third-order valence-corrected chi connectivity index (χ3v) is 2.69. The van der Waals surface area contributed by atoms with Crippen molar-refractivity contribution in [3.8, 4) is 0 Å². The average Bonchev–Trinajstić information content (AvgIpc) is 2.56. The highest BCUT2D eigenvalue weighted by atomic mass is 19.1. The van der Waals surface area contributed by atoms with Gasteiger partial charge in [-0.25, -0.2) is 4.39 Å². The number of hydrogen-bond donors (Lipinski definition) is 0. The summed E-state index contributed by atoms with van der Waals surface area (Å²) >= 11 is 0. The first-order valence-corrected chi connectivity index (χ1v) is 3.77. The summed E-state index contributed by atoms with van der Waals surface area (Å²) in [6.45, 7) is 3.36. The van der Waals surface area contributed by atoms with Crippen LogP contribution in [0.25, 0.3) is 0 Å². The Labute approximate surface area is 65.7 Å². The lowest BCUT2D eigenvalue weighted by Crippen LogP contribution is -2.22. The molecule has 2 nitrogen and oxygen atoms in total. The highest BCUT2D eigenvalue weighted by molar-refractivity contribution is 5.82. The van der Waals surface area contributed by atoms with Gasteiger partial charge in [-0.3, -0.25) is 4.79 Å².